The third kappa shape index (κ3) is 4.91. The summed E-state index contributed by atoms with van der Waals surface area (Å²) in [4.78, 5) is 39.5. The smallest absolute Gasteiger partial charge is 0.260 e. The normalized spacial score (nSPS) is 15.0. The maximum Gasteiger partial charge on any atom is 0.260 e. The van der Waals surface area contributed by atoms with Gasteiger partial charge in [0, 0.05) is 40.9 Å². The average molecular weight is 523 g/mol. The number of pyridine rings is 1. The van der Waals surface area contributed by atoms with Crippen molar-refractivity contribution >= 4 is 62.8 Å². The second-order valence-corrected chi connectivity index (χ2v) is 10.3. The van der Waals surface area contributed by atoms with Gasteiger partial charge in [-0.25, -0.2) is 4.98 Å². The highest BCUT2D eigenvalue weighted by Crippen LogP contribution is 2.31. The summed E-state index contributed by atoms with van der Waals surface area (Å²) in [5.41, 5.74) is 4.66. The van der Waals surface area contributed by atoms with E-state index < -0.39 is 0 Å². The highest BCUT2D eigenvalue weighted by molar-refractivity contribution is 7.98. The number of H-pyrrole nitrogens is 1. The van der Waals surface area contributed by atoms with Crippen LogP contribution in [0.15, 0.2) is 42.6 Å². The molecule has 10 heteroatoms. The van der Waals surface area contributed by atoms with Crippen LogP contribution in [0.5, 0.6) is 0 Å². The molecule has 3 heterocycles. The predicted octanol–water partition coefficient (Wildman–Crippen LogP) is 4.55. The van der Waals surface area contributed by atoms with Crippen LogP contribution in [-0.2, 0) is 4.79 Å². The molecule has 1 aliphatic rings. The number of fused-ring (bicyclic) bond motifs is 2. The molecule has 2 aromatic carbocycles. The van der Waals surface area contributed by atoms with Crippen molar-refractivity contribution in [3.8, 4) is 0 Å². The molecule has 3 N–H and O–H groups in total. The Morgan fingerprint density at radius 1 is 1.25 bits per heavy atom. The molecule has 1 fully saturated rings. The summed E-state index contributed by atoms with van der Waals surface area (Å²) in [7, 11) is 0. The minimum atomic E-state index is -0.278. The summed E-state index contributed by atoms with van der Waals surface area (Å²) in [6, 6.07) is 11.3. The minimum absolute atomic E-state index is 0.0608. The van der Waals surface area contributed by atoms with E-state index in [9.17, 15) is 9.59 Å². The zero-order valence-corrected chi connectivity index (χ0v) is 21.7. The highest BCUT2D eigenvalue weighted by atomic mass is 35.5. The lowest BCUT2D eigenvalue weighted by atomic mass is 10.0. The second-order valence-electron chi connectivity index (χ2n) is 8.83. The van der Waals surface area contributed by atoms with Crippen LogP contribution in [0, 0.1) is 6.92 Å². The number of piperazine rings is 1. The number of carbonyl (C=O) groups is 2. The van der Waals surface area contributed by atoms with E-state index in [0.717, 1.165) is 45.7 Å². The standard InChI is InChI=1S/C26H27ClN6O2S/c1-15-11-18-19(5-7-29-22(18)13-17(15)26(35)33-9-8-28-14-24(33)34)30-21(6-10-36-2)25-31-20-4-3-16(27)12-23(20)32-25/h3-5,7,11-13,21,28H,6,8-10,14H2,1-2H3,(H,29,30)(H,31,32). The lowest BCUT2D eigenvalue weighted by Crippen LogP contribution is -2.50. The maximum atomic E-state index is 13.2. The van der Waals surface area contributed by atoms with Gasteiger partial charge in [0.05, 0.1) is 29.1 Å². The fourth-order valence-corrected chi connectivity index (χ4v) is 5.13. The Hall–Kier alpha value is -3.14. The van der Waals surface area contributed by atoms with Crippen LogP contribution in [0.3, 0.4) is 0 Å². The first-order valence-corrected chi connectivity index (χ1v) is 13.6. The number of imidazole rings is 1. The number of aryl methyl sites for hydroxylation is 1. The monoisotopic (exact) mass is 522 g/mol. The topological polar surface area (TPSA) is 103 Å². The van der Waals surface area contributed by atoms with Gasteiger partial charge in [0.25, 0.3) is 5.91 Å². The number of aromatic amines is 1. The molecule has 0 spiro atoms. The van der Waals surface area contributed by atoms with Crippen molar-refractivity contribution in [2.75, 3.05) is 37.0 Å². The van der Waals surface area contributed by atoms with Gasteiger partial charge in [0.15, 0.2) is 0 Å². The van der Waals surface area contributed by atoms with Gasteiger partial charge < -0.3 is 15.6 Å². The molecule has 0 radical (unpaired) electrons. The zero-order valence-electron chi connectivity index (χ0n) is 20.1. The summed E-state index contributed by atoms with van der Waals surface area (Å²) in [5.74, 6) is 1.30. The molecule has 0 bridgehead atoms. The van der Waals surface area contributed by atoms with Gasteiger partial charge in [-0.2, -0.15) is 11.8 Å². The number of thioether (sulfide) groups is 1. The Morgan fingerprint density at radius 3 is 2.92 bits per heavy atom. The number of carbonyl (C=O) groups excluding carboxylic acids is 2. The van der Waals surface area contributed by atoms with Gasteiger partial charge in [0.1, 0.15) is 5.82 Å². The molecule has 1 atom stereocenters. The minimum Gasteiger partial charge on any atom is -0.375 e. The molecule has 5 rings (SSSR count). The van der Waals surface area contributed by atoms with Gasteiger partial charge in [-0.05, 0) is 67.3 Å². The molecule has 1 saturated heterocycles. The molecule has 8 nitrogen and oxygen atoms in total. The number of hydrogen-bond acceptors (Lipinski definition) is 7. The Kier molecular flexibility index (Phi) is 7.13. The van der Waals surface area contributed by atoms with E-state index in [0.29, 0.717) is 29.2 Å². The number of halogens is 1. The Morgan fingerprint density at radius 2 is 2.11 bits per heavy atom. The van der Waals surface area contributed by atoms with Gasteiger partial charge in [0.2, 0.25) is 5.91 Å². The number of nitrogens with zero attached hydrogens (tertiary/aromatic N) is 3. The second kappa shape index (κ2) is 10.5. The van der Waals surface area contributed by atoms with Crippen molar-refractivity contribution in [2.45, 2.75) is 19.4 Å². The van der Waals surface area contributed by atoms with Crippen molar-refractivity contribution in [1.29, 1.82) is 0 Å². The Labute approximate surface area is 218 Å². The predicted molar refractivity (Wildman–Crippen MR) is 146 cm³/mol. The molecular weight excluding hydrogens is 496 g/mol. The van der Waals surface area contributed by atoms with Crippen molar-refractivity contribution < 1.29 is 9.59 Å². The number of aromatic nitrogens is 3. The third-order valence-corrected chi connectivity index (χ3v) is 7.26. The SMILES string of the molecule is CSCCC(Nc1ccnc2cc(C(=O)N3CCNCC3=O)c(C)cc12)c1nc2ccc(Cl)cc2[nH]1. The van der Waals surface area contributed by atoms with E-state index in [1.54, 1.807) is 24.0 Å². The van der Waals surface area contributed by atoms with Crippen molar-refractivity contribution in [3.05, 3.63) is 64.6 Å². The molecule has 4 aromatic rings. The van der Waals surface area contributed by atoms with E-state index in [1.807, 2.05) is 37.3 Å². The number of anilines is 1. The number of nitrogens with one attached hydrogen (secondary N) is 3. The summed E-state index contributed by atoms with van der Waals surface area (Å²) in [6.45, 7) is 3.03. The third-order valence-electron chi connectivity index (χ3n) is 6.39. The fraction of sp³-hybridized carbons (Fsp3) is 0.308. The first kappa shape index (κ1) is 24.5. The van der Waals surface area contributed by atoms with Crippen molar-refractivity contribution in [2.24, 2.45) is 0 Å². The van der Waals surface area contributed by atoms with E-state index in [-0.39, 0.29) is 24.4 Å². The van der Waals surface area contributed by atoms with Crippen LogP contribution >= 0.6 is 23.4 Å². The van der Waals surface area contributed by atoms with E-state index in [2.05, 4.69) is 26.9 Å². The summed E-state index contributed by atoms with van der Waals surface area (Å²) in [6.07, 6.45) is 4.68. The summed E-state index contributed by atoms with van der Waals surface area (Å²) >= 11 is 7.95. The fourth-order valence-electron chi connectivity index (χ4n) is 4.49. The molecule has 1 unspecified atom stereocenters. The summed E-state index contributed by atoms with van der Waals surface area (Å²) < 4.78 is 0. The quantitative estimate of drug-likeness (QED) is 0.306. The molecule has 0 saturated carbocycles. The molecule has 2 amide bonds. The molecule has 186 valence electrons. The van der Waals surface area contributed by atoms with Crippen molar-refractivity contribution in [3.63, 3.8) is 0 Å². The molecular formula is C26H27ClN6O2S. The van der Waals surface area contributed by atoms with Crippen LogP contribution in [0.1, 0.15) is 34.2 Å². The number of hydrogen-bond donors (Lipinski definition) is 3. The van der Waals surface area contributed by atoms with Crippen LogP contribution in [0.25, 0.3) is 21.9 Å². The first-order chi connectivity index (χ1) is 17.4. The van der Waals surface area contributed by atoms with E-state index >= 15 is 0 Å². The number of benzene rings is 2. The Bertz CT molecular complexity index is 1460. The maximum absolute atomic E-state index is 13.2. The van der Waals surface area contributed by atoms with Crippen LogP contribution in [0.4, 0.5) is 5.69 Å². The molecule has 0 aliphatic carbocycles. The number of rotatable bonds is 7. The molecule has 36 heavy (non-hydrogen) atoms. The first-order valence-electron chi connectivity index (χ1n) is 11.8. The largest absolute Gasteiger partial charge is 0.375 e. The van der Waals surface area contributed by atoms with Gasteiger partial charge in [-0.15, -0.1) is 0 Å². The van der Waals surface area contributed by atoms with Gasteiger partial charge >= 0.3 is 0 Å². The van der Waals surface area contributed by atoms with Crippen LogP contribution in [0.2, 0.25) is 5.02 Å². The number of amides is 2. The summed E-state index contributed by atoms with van der Waals surface area (Å²) in [5, 5.41) is 8.23. The van der Waals surface area contributed by atoms with Crippen LogP contribution in [-0.4, -0.2) is 63.3 Å². The van der Waals surface area contributed by atoms with Crippen molar-refractivity contribution in [1.82, 2.24) is 25.2 Å². The highest BCUT2D eigenvalue weighted by Gasteiger charge is 2.27. The van der Waals surface area contributed by atoms with E-state index in [1.165, 1.54) is 4.90 Å². The average Bonchev–Trinajstić information content (AvgIpc) is 3.29. The number of imide groups is 1. The molecule has 1 aliphatic heterocycles. The Balaban J connectivity index is 1.49. The zero-order chi connectivity index (χ0) is 25.2. The van der Waals surface area contributed by atoms with Gasteiger partial charge in [-0.3, -0.25) is 19.5 Å². The van der Waals surface area contributed by atoms with E-state index in [4.69, 9.17) is 16.6 Å². The lowest BCUT2D eigenvalue weighted by molar-refractivity contribution is -0.129. The molecule has 2 aromatic heterocycles. The van der Waals surface area contributed by atoms with Gasteiger partial charge in [-0.1, -0.05) is 11.6 Å². The lowest BCUT2D eigenvalue weighted by Gasteiger charge is -2.26. The van der Waals surface area contributed by atoms with Crippen LogP contribution < -0.4 is 10.6 Å².